The van der Waals surface area contributed by atoms with Crippen molar-refractivity contribution in [3.05, 3.63) is 102 Å². The van der Waals surface area contributed by atoms with Gasteiger partial charge in [-0.2, -0.15) is 0 Å². The quantitative estimate of drug-likeness (QED) is 0.389. The average molecular weight is 488 g/mol. The molecular weight excluding hydrogens is 454 g/mol. The molecule has 1 atom stereocenters. The Morgan fingerprint density at radius 3 is 1.80 bits per heavy atom. The number of hydrogen-bond donors (Lipinski definition) is 0. The Kier molecular flexibility index (Phi) is 6.71. The number of nitrogens with zero attached hydrogens (tertiary/aromatic N) is 1. The molecule has 0 bridgehead atoms. The van der Waals surface area contributed by atoms with Gasteiger partial charge < -0.3 is 9.16 Å². The van der Waals surface area contributed by atoms with Crippen LogP contribution in [0.1, 0.15) is 43.9 Å². The second-order valence-electron chi connectivity index (χ2n) is 10.1. The maximum atomic E-state index is 14.6. The van der Waals surface area contributed by atoms with Gasteiger partial charge >= 0.3 is 0 Å². The van der Waals surface area contributed by atoms with Crippen molar-refractivity contribution in [2.24, 2.45) is 5.41 Å². The molecule has 0 saturated carbocycles. The summed E-state index contributed by atoms with van der Waals surface area (Å²) in [6.45, 7) is 6.28. The van der Waals surface area contributed by atoms with E-state index in [0.29, 0.717) is 10.5 Å². The van der Waals surface area contributed by atoms with Crippen LogP contribution in [0, 0.1) is 5.41 Å². The number of piperidine rings is 1. The van der Waals surface area contributed by atoms with Crippen LogP contribution < -0.4 is 4.74 Å². The Labute approximate surface area is 210 Å². The van der Waals surface area contributed by atoms with Crippen molar-refractivity contribution in [1.29, 1.82) is 0 Å². The van der Waals surface area contributed by atoms with Crippen molar-refractivity contribution in [3.8, 4) is 5.75 Å². The van der Waals surface area contributed by atoms with E-state index in [1.807, 2.05) is 106 Å². The van der Waals surface area contributed by atoms with Gasteiger partial charge in [0.05, 0.1) is 19.1 Å². The SMILES string of the molecule is COc1ccc(CN2C(=O)CC(c3ccccc3)(c3ccccc3)C(O[SiH3])(C(C)(C)C)C2=O)cc1. The lowest BCUT2D eigenvalue weighted by Crippen LogP contribution is -2.73. The molecule has 1 aliphatic heterocycles. The fourth-order valence-corrected chi connectivity index (χ4v) is 6.89. The summed E-state index contributed by atoms with van der Waals surface area (Å²) in [5.41, 5.74) is -0.202. The van der Waals surface area contributed by atoms with Gasteiger partial charge in [-0.05, 0) is 28.8 Å². The van der Waals surface area contributed by atoms with E-state index >= 15 is 0 Å². The van der Waals surface area contributed by atoms with Crippen molar-refractivity contribution in [3.63, 3.8) is 0 Å². The van der Waals surface area contributed by atoms with Gasteiger partial charge in [0.25, 0.3) is 5.91 Å². The molecule has 3 aromatic carbocycles. The normalized spacial score (nSPS) is 20.2. The number of carbonyl (C=O) groups is 2. The highest BCUT2D eigenvalue weighted by Crippen LogP contribution is 2.57. The summed E-state index contributed by atoms with van der Waals surface area (Å²) in [5.74, 6) is 0.223. The molecule has 0 aliphatic carbocycles. The minimum Gasteiger partial charge on any atom is -0.497 e. The van der Waals surface area contributed by atoms with E-state index in [9.17, 15) is 9.59 Å². The van der Waals surface area contributed by atoms with Gasteiger partial charge in [0.1, 0.15) is 16.2 Å². The molecule has 1 heterocycles. The van der Waals surface area contributed by atoms with E-state index in [1.165, 1.54) is 4.90 Å². The molecular formula is C29H33NO4Si. The molecule has 5 nitrogen and oxygen atoms in total. The van der Waals surface area contributed by atoms with E-state index in [4.69, 9.17) is 9.16 Å². The number of likely N-dealkylation sites (tertiary alicyclic amines) is 1. The molecule has 0 aromatic heterocycles. The molecule has 1 fully saturated rings. The highest BCUT2D eigenvalue weighted by atomic mass is 28.2. The zero-order valence-electron chi connectivity index (χ0n) is 21.1. The summed E-state index contributed by atoms with van der Waals surface area (Å²) < 4.78 is 11.8. The lowest BCUT2D eigenvalue weighted by atomic mass is 9.51. The molecule has 0 spiro atoms. The van der Waals surface area contributed by atoms with Crippen molar-refractivity contribution in [2.75, 3.05) is 7.11 Å². The number of ether oxygens (including phenoxy) is 1. The van der Waals surface area contributed by atoms with E-state index in [-0.39, 0.29) is 24.8 Å². The van der Waals surface area contributed by atoms with E-state index in [1.54, 1.807) is 7.11 Å². The van der Waals surface area contributed by atoms with Crippen molar-refractivity contribution in [2.45, 2.75) is 44.8 Å². The molecule has 4 rings (SSSR count). The molecule has 182 valence electrons. The van der Waals surface area contributed by atoms with Gasteiger partial charge in [0.2, 0.25) is 5.91 Å². The van der Waals surface area contributed by atoms with Gasteiger partial charge in [0.15, 0.2) is 5.60 Å². The van der Waals surface area contributed by atoms with Gasteiger partial charge in [-0.3, -0.25) is 14.5 Å². The summed E-state index contributed by atoms with van der Waals surface area (Å²) in [5, 5.41) is 0. The molecule has 6 heteroatoms. The standard InChI is InChI=1S/C29H33NO4Si/c1-27(2,3)29(34-35)26(32)30(20-21-15-17-24(33-4)18-16-21)25(31)19-28(29,22-11-7-5-8-12-22)23-13-9-6-10-14-23/h5-18H,19-20H2,1-4,35H3. The van der Waals surface area contributed by atoms with E-state index in [0.717, 1.165) is 22.4 Å². The van der Waals surface area contributed by atoms with Crippen LogP contribution in [0.5, 0.6) is 5.75 Å². The molecule has 1 unspecified atom stereocenters. The van der Waals surface area contributed by atoms with Crippen LogP contribution >= 0.6 is 0 Å². The Hall–Kier alpha value is -3.22. The first-order valence-electron chi connectivity index (χ1n) is 11.8. The molecule has 1 aliphatic rings. The molecule has 1 saturated heterocycles. The number of rotatable bonds is 6. The van der Waals surface area contributed by atoms with Crippen molar-refractivity contribution in [1.82, 2.24) is 4.90 Å². The molecule has 2 amide bonds. The first-order chi connectivity index (χ1) is 16.7. The molecule has 35 heavy (non-hydrogen) atoms. The fourth-order valence-electron chi connectivity index (χ4n) is 5.76. The van der Waals surface area contributed by atoms with Crippen LogP contribution in [0.15, 0.2) is 84.9 Å². The fraction of sp³-hybridized carbons (Fsp3) is 0.310. The summed E-state index contributed by atoms with van der Waals surface area (Å²) in [6.07, 6.45) is 0.127. The number of amides is 2. The van der Waals surface area contributed by atoms with Crippen LogP contribution in [0.3, 0.4) is 0 Å². The lowest BCUT2D eigenvalue weighted by Gasteiger charge is -2.59. The van der Waals surface area contributed by atoms with Gasteiger partial charge in [0, 0.05) is 11.8 Å². The maximum absolute atomic E-state index is 14.6. The Morgan fingerprint density at radius 1 is 0.857 bits per heavy atom. The highest BCUT2D eigenvalue weighted by Gasteiger charge is 2.69. The van der Waals surface area contributed by atoms with Crippen LogP contribution in [-0.4, -0.2) is 39.9 Å². The smallest absolute Gasteiger partial charge is 0.262 e. The first-order valence-corrected chi connectivity index (χ1v) is 12.7. The maximum Gasteiger partial charge on any atom is 0.262 e. The predicted molar refractivity (Wildman–Crippen MR) is 140 cm³/mol. The predicted octanol–water partition coefficient (Wildman–Crippen LogP) is 4.02. The largest absolute Gasteiger partial charge is 0.497 e. The van der Waals surface area contributed by atoms with Crippen molar-refractivity contribution >= 4 is 22.3 Å². The van der Waals surface area contributed by atoms with Gasteiger partial charge in [-0.1, -0.05) is 93.6 Å². The first kappa shape index (κ1) is 24.9. The van der Waals surface area contributed by atoms with Gasteiger partial charge in [-0.15, -0.1) is 0 Å². The monoisotopic (exact) mass is 487 g/mol. The Balaban J connectivity index is 1.94. The molecule has 3 aromatic rings. The molecule has 0 N–H and O–H groups in total. The molecule has 0 radical (unpaired) electrons. The summed E-state index contributed by atoms with van der Waals surface area (Å²) >= 11 is 0. The van der Waals surface area contributed by atoms with E-state index in [2.05, 4.69) is 0 Å². The van der Waals surface area contributed by atoms with Crippen LogP contribution in [-0.2, 0) is 26.0 Å². The number of carbonyl (C=O) groups excluding carboxylic acids is 2. The van der Waals surface area contributed by atoms with Crippen molar-refractivity contribution < 1.29 is 18.8 Å². The number of hydrogen-bond acceptors (Lipinski definition) is 4. The zero-order chi connectivity index (χ0) is 25.3. The number of methoxy groups -OCH3 is 1. The third-order valence-corrected chi connectivity index (χ3v) is 7.87. The van der Waals surface area contributed by atoms with Crippen LogP contribution in [0.2, 0.25) is 0 Å². The van der Waals surface area contributed by atoms with Crippen LogP contribution in [0.25, 0.3) is 0 Å². The Morgan fingerprint density at radius 2 is 1.37 bits per heavy atom. The van der Waals surface area contributed by atoms with E-state index < -0.39 is 16.4 Å². The summed E-state index contributed by atoms with van der Waals surface area (Å²) in [4.78, 5) is 29.8. The lowest BCUT2D eigenvalue weighted by molar-refractivity contribution is -0.184. The minimum atomic E-state index is -1.28. The average Bonchev–Trinajstić information content (AvgIpc) is 2.87. The summed E-state index contributed by atoms with van der Waals surface area (Å²) in [7, 11) is 1.94. The van der Waals surface area contributed by atoms with Crippen LogP contribution in [0.4, 0.5) is 0 Å². The summed E-state index contributed by atoms with van der Waals surface area (Å²) in [6, 6.07) is 27.2. The number of imide groups is 1. The zero-order valence-corrected chi connectivity index (χ0v) is 23.1. The third-order valence-electron chi connectivity index (χ3n) is 7.26. The highest BCUT2D eigenvalue weighted by molar-refractivity contribution is 6.09. The third kappa shape index (κ3) is 3.91. The second-order valence-corrected chi connectivity index (χ2v) is 10.5. The topological polar surface area (TPSA) is 55.8 Å². The van der Waals surface area contributed by atoms with Gasteiger partial charge in [-0.25, -0.2) is 0 Å². The second kappa shape index (κ2) is 9.44. The minimum absolute atomic E-state index is 0.127. The number of benzene rings is 3. The Bertz CT molecular complexity index is 1150.